The highest BCUT2D eigenvalue weighted by Crippen LogP contribution is 3.06. The third-order valence-electron chi connectivity index (χ3n) is 3.80. The van der Waals surface area contributed by atoms with E-state index >= 15 is 0 Å². The van der Waals surface area contributed by atoms with Gasteiger partial charge in [0, 0.05) is 11.1 Å². The summed E-state index contributed by atoms with van der Waals surface area (Å²) < 4.78 is 0.577. The van der Waals surface area contributed by atoms with E-state index in [2.05, 4.69) is 69.6 Å². The normalized spacial score (nSPS) is 27.1. The van der Waals surface area contributed by atoms with Crippen molar-refractivity contribution < 1.29 is 0 Å². The summed E-state index contributed by atoms with van der Waals surface area (Å²) in [6, 6.07) is 11.1. The van der Waals surface area contributed by atoms with E-state index < -0.39 is 16.1 Å². The second-order valence-electron chi connectivity index (χ2n) is 7.08. The largest absolute Gasteiger partial charge is 0.0906 e. The van der Waals surface area contributed by atoms with E-state index in [4.69, 9.17) is 11.2 Å². The lowest BCUT2D eigenvalue weighted by molar-refractivity contribution is 1.41. The van der Waals surface area contributed by atoms with E-state index in [0.29, 0.717) is 4.14 Å². The first kappa shape index (κ1) is 15.2. The van der Waals surface area contributed by atoms with Crippen molar-refractivity contribution in [2.75, 3.05) is 0 Å². The van der Waals surface area contributed by atoms with Gasteiger partial charge in [0.2, 0.25) is 0 Å². The minimum atomic E-state index is -1.23. The van der Waals surface area contributed by atoms with Gasteiger partial charge in [-0.2, -0.15) is 0 Å². The molecular weight excluding hydrogens is 310 g/mol. The molecule has 0 spiro atoms. The second kappa shape index (κ2) is 4.67. The van der Waals surface area contributed by atoms with Crippen LogP contribution in [-0.4, -0.2) is 20.3 Å². The molecule has 0 bridgehead atoms. The molecule has 1 saturated heterocycles. The molecule has 1 aromatic carbocycles. The molecule has 2 rings (SSSR count). The molecule has 0 N–H and O–H groups in total. The predicted octanol–water partition coefficient (Wildman–Crippen LogP) is 5.81. The lowest BCUT2D eigenvalue weighted by Gasteiger charge is -2.39. The highest BCUT2D eigenvalue weighted by molar-refractivity contribution is 8.62. The Kier molecular flexibility index (Phi) is 3.94. The van der Waals surface area contributed by atoms with Gasteiger partial charge in [-0.15, -0.1) is 0 Å². The lowest BCUT2D eigenvalue weighted by atomic mass is 10.4. The highest BCUT2D eigenvalue weighted by Gasteiger charge is 2.75. The van der Waals surface area contributed by atoms with E-state index in [1.165, 1.54) is 0 Å². The van der Waals surface area contributed by atoms with Crippen LogP contribution in [-0.2, 0) is 0 Å². The molecule has 5 heteroatoms. The zero-order chi connectivity index (χ0) is 13.8. The smallest absolute Gasteiger partial charge is 0.0603 e. The molecule has 1 aliphatic heterocycles. The van der Waals surface area contributed by atoms with Crippen LogP contribution in [0.2, 0.25) is 39.3 Å². The minimum absolute atomic E-state index is 0.0769. The van der Waals surface area contributed by atoms with Crippen molar-refractivity contribution in [3.63, 3.8) is 0 Å². The first-order valence-corrected chi connectivity index (χ1v) is 17.7. The van der Waals surface area contributed by atoms with Crippen LogP contribution in [0.25, 0.3) is 0 Å². The van der Waals surface area contributed by atoms with Gasteiger partial charge >= 0.3 is 0 Å². The first-order chi connectivity index (χ1) is 8.14. The van der Waals surface area contributed by atoms with Gasteiger partial charge in [-0.1, -0.05) is 80.9 Å². The van der Waals surface area contributed by atoms with Crippen LogP contribution in [0.3, 0.4) is 0 Å². The first-order valence-electron chi connectivity index (χ1n) is 6.45. The molecule has 0 amide bonds. The molecule has 1 aromatic rings. The molecule has 1 heterocycles. The van der Waals surface area contributed by atoms with Gasteiger partial charge in [-0.05, 0) is 12.9 Å². The molecule has 2 unspecified atom stereocenters. The van der Waals surface area contributed by atoms with Gasteiger partial charge < -0.3 is 0 Å². The summed E-state index contributed by atoms with van der Waals surface area (Å²) in [6.07, 6.45) is 0. The van der Waals surface area contributed by atoms with E-state index in [9.17, 15) is 0 Å². The van der Waals surface area contributed by atoms with E-state index in [-0.39, 0.29) is 14.6 Å². The van der Waals surface area contributed by atoms with Crippen molar-refractivity contribution in [1.29, 1.82) is 0 Å². The van der Waals surface area contributed by atoms with E-state index in [1.54, 1.807) is 5.30 Å². The molecular formula is C13H23ClP2Si2. The average Bonchev–Trinajstić information content (AvgIpc) is 2.86. The number of halogens is 1. The molecule has 0 aliphatic carbocycles. The van der Waals surface area contributed by atoms with Crippen LogP contribution in [0.15, 0.2) is 30.3 Å². The molecule has 0 aromatic heterocycles. The number of rotatable bonds is 3. The Morgan fingerprint density at radius 3 is 1.67 bits per heavy atom. The summed E-state index contributed by atoms with van der Waals surface area (Å²) in [5.41, 5.74) is 0. The van der Waals surface area contributed by atoms with Gasteiger partial charge in [-0.3, -0.25) is 0 Å². The molecule has 1 aliphatic rings. The zero-order valence-electron chi connectivity index (χ0n) is 12.2. The van der Waals surface area contributed by atoms with E-state index in [1.807, 2.05) is 0 Å². The molecule has 0 saturated carbocycles. The fraction of sp³-hybridized carbons (Fsp3) is 0.538. The molecule has 100 valence electrons. The van der Waals surface area contributed by atoms with Crippen LogP contribution >= 0.6 is 25.8 Å². The Morgan fingerprint density at radius 1 is 0.889 bits per heavy atom. The maximum Gasteiger partial charge on any atom is 0.0603 e. The van der Waals surface area contributed by atoms with Gasteiger partial charge in [0.05, 0.1) is 16.1 Å². The summed E-state index contributed by atoms with van der Waals surface area (Å²) >= 11 is 6.94. The minimum Gasteiger partial charge on any atom is -0.0906 e. The van der Waals surface area contributed by atoms with Crippen LogP contribution in [0.5, 0.6) is 0 Å². The van der Waals surface area contributed by atoms with Gasteiger partial charge in [0.25, 0.3) is 0 Å². The van der Waals surface area contributed by atoms with Crippen LogP contribution in [0.1, 0.15) is 0 Å². The third-order valence-corrected chi connectivity index (χ3v) is 34.9. The summed E-state index contributed by atoms with van der Waals surface area (Å²) in [5.74, 6) is 0. The van der Waals surface area contributed by atoms with Crippen molar-refractivity contribution >= 4 is 47.3 Å². The van der Waals surface area contributed by atoms with Gasteiger partial charge in [-0.25, -0.2) is 0 Å². The number of hydrogen-bond acceptors (Lipinski definition) is 0. The summed E-state index contributed by atoms with van der Waals surface area (Å²) in [7, 11) is -2.54. The Bertz CT molecular complexity index is 423. The Morgan fingerprint density at radius 2 is 1.33 bits per heavy atom. The van der Waals surface area contributed by atoms with Crippen LogP contribution in [0.4, 0.5) is 0 Å². The fourth-order valence-corrected chi connectivity index (χ4v) is 49.2. The molecule has 18 heavy (non-hydrogen) atoms. The monoisotopic (exact) mass is 332 g/mol. The van der Waals surface area contributed by atoms with Gasteiger partial charge in [0.15, 0.2) is 0 Å². The maximum atomic E-state index is 6.94. The summed E-state index contributed by atoms with van der Waals surface area (Å²) in [4.78, 5) is 0. The van der Waals surface area contributed by atoms with Crippen molar-refractivity contribution in [3.05, 3.63) is 30.3 Å². The quantitative estimate of drug-likeness (QED) is 0.484. The Labute approximate surface area is 121 Å². The van der Waals surface area contributed by atoms with Crippen molar-refractivity contribution in [1.82, 2.24) is 0 Å². The maximum absolute atomic E-state index is 6.94. The molecule has 0 radical (unpaired) electrons. The van der Waals surface area contributed by atoms with Gasteiger partial charge in [0.1, 0.15) is 0 Å². The fourth-order valence-electron chi connectivity index (χ4n) is 3.37. The molecule has 2 atom stereocenters. The zero-order valence-corrected chi connectivity index (χ0v) is 16.7. The second-order valence-corrected chi connectivity index (χ2v) is 27.2. The molecule has 1 fully saturated rings. The Balaban J connectivity index is 2.48. The number of benzene rings is 1. The van der Waals surface area contributed by atoms with Crippen LogP contribution < -0.4 is 5.30 Å². The standard InChI is InChI=1S/C13H23ClP2Si2/c1-17(2,3)13(18(4,5)6)15(16(13)14)12-10-8-7-9-11-12/h7-11H,1-6H3. The predicted molar refractivity (Wildman–Crippen MR) is 95.2 cm³/mol. The van der Waals surface area contributed by atoms with Crippen molar-refractivity contribution in [2.24, 2.45) is 0 Å². The van der Waals surface area contributed by atoms with Crippen molar-refractivity contribution in [3.8, 4) is 0 Å². The Hall–Kier alpha value is 0.804. The number of hydrogen-bond donors (Lipinski definition) is 0. The third kappa shape index (κ3) is 2.09. The van der Waals surface area contributed by atoms with E-state index in [0.717, 1.165) is 0 Å². The SMILES string of the molecule is C[Si](C)(C)C1([Si](C)(C)C)P(Cl)P1c1ccccc1. The summed E-state index contributed by atoms with van der Waals surface area (Å²) in [5, 5.41) is 1.55. The topological polar surface area (TPSA) is 0 Å². The van der Waals surface area contributed by atoms with Crippen LogP contribution in [0, 0.1) is 0 Å². The lowest BCUT2D eigenvalue weighted by Crippen LogP contribution is -2.55. The van der Waals surface area contributed by atoms with Crippen molar-refractivity contribution in [2.45, 2.75) is 43.4 Å². The summed E-state index contributed by atoms with van der Waals surface area (Å²) in [6.45, 7) is 14.9. The molecule has 0 nitrogen and oxygen atoms in total. The average molecular weight is 333 g/mol. The highest BCUT2D eigenvalue weighted by atomic mass is 35.7.